The van der Waals surface area contributed by atoms with E-state index in [4.69, 9.17) is 0 Å². The van der Waals surface area contributed by atoms with Crippen molar-refractivity contribution in [3.05, 3.63) is 52.2 Å². The molecule has 2 aliphatic heterocycles. The third-order valence-corrected chi connectivity index (χ3v) is 8.35. The van der Waals surface area contributed by atoms with Gasteiger partial charge in [-0.3, -0.25) is 4.57 Å². The number of nitrogens with one attached hydrogen (secondary N) is 1. The fraction of sp³-hybridized carbons (Fsp3) is 0.481. The van der Waals surface area contributed by atoms with E-state index in [2.05, 4.69) is 10.3 Å². The number of hydrogen-bond acceptors (Lipinski definition) is 6. The molecule has 0 spiro atoms. The SMILES string of the molecule is C[C@@H]1CN(c2nc(=O)n3c4c(c(-c5ccc(F)cc5)c(C(F)(F)F)cc24)SCC(CN(C)C)C3)C[C@H](C)N1. The molecule has 0 aliphatic carbocycles. The monoisotopic (exact) mass is 549 g/mol. The van der Waals surface area contributed by atoms with Crippen molar-refractivity contribution in [1.82, 2.24) is 19.8 Å². The van der Waals surface area contributed by atoms with Crippen LogP contribution >= 0.6 is 11.8 Å². The highest BCUT2D eigenvalue weighted by molar-refractivity contribution is 7.99. The van der Waals surface area contributed by atoms with Gasteiger partial charge in [0.05, 0.1) is 11.1 Å². The van der Waals surface area contributed by atoms with E-state index < -0.39 is 23.2 Å². The van der Waals surface area contributed by atoms with E-state index in [-0.39, 0.29) is 34.9 Å². The molecular formula is C27H31F4N5OS. The molecule has 1 aromatic heterocycles. The van der Waals surface area contributed by atoms with Crippen molar-refractivity contribution in [2.24, 2.45) is 5.92 Å². The van der Waals surface area contributed by atoms with E-state index >= 15 is 0 Å². The lowest BCUT2D eigenvalue weighted by molar-refractivity contribution is -0.137. The highest BCUT2D eigenvalue weighted by Crippen LogP contribution is 2.48. The normalized spacial score (nSPS) is 22.2. The quantitative estimate of drug-likeness (QED) is 0.477. The number of piperazine rings is 1. The van der Waals surface area contributed by atoms with Crippen LogP contribution in [0, 0.1) is 11.7 Å². The predicted octanol–water partition coefficient (Wildman–Crippen LogP) is 4.69. The van der Waals surface area contributed by atoms with E-state index in [0.717, 1.165) is 18.2 Å². The van der Waals surface area contributed by atoms with Crippen molar-refractivity contribution in [2.75, 3.05) is 44.4 Å². The maximum Gasteiger partial charge on any atom is 0.417 e. The second-order valence-electron chi connectivity index (χ2n) is 10.7. The van der Waals surface area contributed by atoms with Gasteiger partial charge in [-0.1, -0.05) is 12.1 Å². The van der Waals surface area contributed by atoms with E-state index in [1.165, 1.54) is 23.9 Å². The van der Waals surface area contributed by atoms with Crippen LogP contribution in [0.3, 0.4) is 0 Å². The molecule has 0 amide bonds. The Morgan fingerprint density at radius 1 is 1.11 bits per heavy atom. The molecule has 3 heterocycles. The molecule has 1 saturated heterocycles. The molecule has 1 unspecified atom stereocenters. The number of hydrogen-bond donors (Lipinski definition) is 1. The number of halogens is 4. The lowest BCUT2D eigenvalue weighted by atomic mass is 9.96. The van der Waals surface area contributed by atoms with Crippen LogP contribution in [0.15, 0.2) is 40.0 Å². The number of alkyl halides is 3. The third-order valence-electron chi connectivity index (χ3n) is 7.02. The van der Waals surface area contributed by atoms with Gasteiger partial charge >= 0.3 is 11.9 Å². The minimum Gasteiger partial charge on any atom is -0.353 e. The lowest BCUT2D eigenvalue weighted by Crippen LogP contribution is -2.55. The minimum atomic E-state index is -4.67. The number of rotatable bonds is 4. The molecule has 11 heteroatoms. The Labute approximate surface area is 223 Å². The zero-order valence-corrected chi connectivity index (χ0v) is 22.6. The van der Waals surface area contributed by atoms with E-state index in [0.29, 0.717) is 47.7 Å². The van der Waals surface area contributed by atoms with Crippen molar-refractivity contribution in [2.45, 2.75) is 43.5 Å². The summed E-state index contributed by atoms with van der Waals surface area (Å²) < 4.78 is 59.4. The third kappa shape index (κ3) is 5.15. The number of aromatic nitrogens is 2. The molecule has 2 aliphatic rings. The summed E-state index contributed by atoms with van der Waals surface area (Å²) in [6.45, 7) is 6.05. The summed E-state index contributed by atoms with van der Waals surface area (Å²) >= 11 is 1.33. The Bertz CT molecular complexity index is 1400. The van der Waals surface area contributed by atoms with Gasteiger partial charge in [0, 0.05) is 59.9 Å². The molecule has 2 aromatic carbocycles. The first-order valence-electron chi connectivity index (χ1n) is 12.7. The van der Waals surface area contributed by atoms with Gasteiger partial charge in [-0.15, -0.1) is 11.8 Å². The van der Waals surface area contributed by atoms with E-state index in [9.17, 15) is 22.4 Å². The molecule has 0 bridgehead atoms. The van der Waals surface area contributed by atoms with Crippen LogP contribution in [0.2, 0.25) is 0 Å². The number of anilines is 1. The van der Waals surface area contributed by atoms with Gasteiger partial charge in [0.2, 0.25) is 0 Å². The molecule has 1 fully saturated rings. The largest absolute Gasteiger partial charge is 0.417 e. The predicted molar refractivity (Wildman–Crippen MR) is 143 cm³/mol. The fourth-order valence-corrected chi connectivity index (χ4v) is 7.05. The van der Waals surface area contributed by atoms with Crippen LogP contribution in [-0.2, 0) is 12.7 Å². The van der Waals surface area contributed by atoms with Crippen molar-refractivity contribution >= 4 is 28.5 Å². The van der Waals surface area contributed by atoms with Gasteiger partial charge in [0.15, 0.2) is 0 Å². The highest BCUT2D eigenvalue weighted by atomic mass is 32.2. The minimum absolute atomic E-state index is 0.0191. The van der Waals surface area contributed by atoms with Crippen molar-refractivity contribution < 1.29 is 17.6 Å². The second-order valence-corrected chi connectivity index (χ2v) is 11.7. The van der Waals surface area contributed by atoms with Crippen LogP contribution in [0.25, 0.3) is 22.0 Å². The van der Waals surface area contributed by atoms with Gasteiger partial charge in [0.25, 0.3) is 0 Å². The van der Waals surface area contributed by atoms with Gasteiger partial charge in [-0.25, -0.2) is 9.18 Å². The Hall–Kier alpha value is -2.63. The first kappa shape index (κ1) is 27.0. The summed E-state index contributed by atoms with van der Waals surface area (Å²) in [5.41, 5.74) is -0.570. The number of benzene rings is 2. The molecule has 5 rings (SSSR count). The summed E-state index contributed by atoms with van der Waals surface area (Å²) in [5, 5.41) is 3.74. The maximum absolute atomic E-state index is 14.7. The molecule has 38 heavy (non-hydrogen) atoms. The number of nitrogens with zero attached hydrogens (tertiary/aromatic N) is 4. The molecule has 0 radical (unpaired) electrons. The van der Waals surface area contributed by atoms with Crippen LogP contribution in [0.1, 0.15) is 19.4 Å². The average molecular weight is 550 g/mol. The summed E-state index contributed by atoms with van der Waals surface area (Å²) in [5.74, 6) is 0.301. The molecule has 6 nitrogen and oxygen atoms in total. The van der Waals surface area contributed by atoms with Crippen molar-refractivity contribution in [3.8, 4) is 11.1 Å². The summed E-state index contributed by atoms with van der Waals surface area (Å²) in [4.78, 5) is 22.3. The van der Waals surface area contributed by atoms with E-state index in [1.807, 2.05) is 37.7 Å². The average Bonchev–Trinajstić information content (AvgIpc) is 3.01. The highest BCUT2D eigenvalue weighted by Gasteiger charge is 2.38. The maximum atomic E-state index is 14.7. The summed E-state index contributed by atoms with van der Waals surface area (Å²) in [6, 6.07) is 6.36. The molecular weight excluding hydrogens is 518 g/mol. The molecule has 3 aromatic rings. The summed E-state index contributed by atoms with van der Waals surface area (Å²) in [7, 11) is 3.86. The second kappa shape index (κ2) is 10.2. The molecule has 3 atom stereocenters. The van der Waals surface area contributed by atoms with Gasteiger partial charge in [-0.2, -0.15) is 18.2 Å². The van der Waals surface area contributed by atoms with E-state index in [1.54, 1.807) is 4.57 Å². The van der Waals surface area contributed by atoms with Crippen molar-refractivity contribution in [3.63, 3.8) is 0 Å². The standard InChI is InChI=1S/C27H31F4N5OS/c1-15-10-35(11-16(2)32-15)25-20-9-21(27(29,30)31)22(18-5-7-19(28)8-6-18)24-23(20)36(26(37)33-25)13-17(14-38-24)12-34(3)4/h5-9,15-17,32H,10-14H2,1-4H3/t15-,16+,17?. The van der Waals surface area contributed by atoms with Gasteiger partial charge in [0.1, 0.15) is 11.6 Å². The zero-order chi connectivity index (χ0) is 27.4. The first-order chi connectivity index (χ1) is 17.9. The first-order valence-corrected chi connectivity index (χ1v) is 13.6. The Morgan fingerprint density at radius 2 is 1.76 bits per heavy atom. The lowest BCUT2D eigenvalue weighted by Gasteiger charge is -2.37. The Balaban J connectivity index is 1.85. The van der Waals surface area contributed by atoms with Crippen LogP contribution in [0.5, 0.6) is 0 Å². The summed E-state index contributed by atoms with van der Waals surface area (Å²) in [6.07, 6.45) is -4.67. The number of thioether (sulfide) groups is 1. The van der Waals surface area contributed by atoms with Crippen LogP contribution in [-0.4, -0.2) is 66.0 Å². The van der Waals surface area contributed by atoms with Crippen LogP contribution in [0.4, 0.5) is 23.4 Å². The smallest absolute Gasteiger partial charge is 0.353 e. The van der Waals surface area contributed by atoms with Gasteiger partial charge < -0.3 is 15.1 Å². The topological polar surface area (TPSA) is 53.4 Å². The molecule has 204 valence electrons. The fourth-order valence-electron chi connectivity index (χ4n) is 5.71. The molecule has 1 N–H and O–H groups in total. The Kier molecular flexibility index (Phi) is 7.21. The zero-order valence-electron chi connectivity index (χ0n) is 21.8. The van der Waals surface area contributed by atoms with Gasteiger partial charge in [-0.05, 0) is 57.6 Å². The molecule has 0 saturated carbocycles. The Morgan fingerprint density at radius 3 is 2.37 bits per heavy atom. The van der Waals surface area contributed by atoms with Crippen LogP contribution < -0.4 is 15.9 Å². The van der Waals surface area contributed by atoms with Crippen molar-refractivity contribution in [1.29, 1.82) is 0 Å².